The molecule has 0 aliphatic heterocycles. The summed E-state index contributed by atoms with van der Waals surface area (Å²) in [6.45, 7) is 14.6. The molecule has 130 valence electrons. The van der Waals surface area contributed by atoms with Crippen molar-refractivity contribution in [2.24, 2.45) is 0 Å². The van der Waals surface area contributed by atoms with Gasteiger partial charge in [0.25, 0.3) is 0 Å². The molecule has 0 bridgehead atoms. The smallest absolute Gasteiger partial charge is 0.191 e. The largest absolute Gasteiger partial charge is 0.417 e. The Morgan fingerprint density at radius 3 is 2.57 bits per heavy atom. The molecule has 0 N–H and O–H groups in total. The molecule has 1 aliphatic rings. The maximum atomic E-state index is 6.35. The maximum Gasteiger partial charge on any atom is 0.191 e. The Labute approximate surface area is 147 Å². The van der Waals surface area contributed by atoms with E-state index in [2.05, 4.69) is 56.7 Å². The lowest BCUT2D eigenvalue weighted by atomic mass is 10.2. The second-order valence-corrected chi connectivity index (χ2v) is 13.4. The number of nitrogens with zero attached hydrogens (tertiary/aromatic N) is 2. The van der Waals surface area contributed by atoms with E-state index >= 15 is 0 Å². The lowest BCUT2D eigenvalue weighted by Crippen LogP contribution is -2.42. The summed E-state index contributed by atoms with van der Waals surface area (Å²) < 4.78 is 6.35. The molecule has 5 heteroatoms. The Kier molecular flexibility index (Phi) is 5.80. The number of pyridine rings is 1. The van der Waals surface area contributed by atoms with Gasteiger partial charge in [-0.1, -0.05) is 32.4 Å². The van der Waals surface area contributed by atoms with Gasteiger partial charge in [-0.25, -0.2) is 4.98 Å². The Morgan fingerprint density at radius 2 is 2.04 bits per heavy atom. The minimum Gasteiger partial charge on any atom is -0.417 e. The molecule has 0 radical (unpaired) electrons. The van der Waals surface area contributed by atoms with E-state index in [1.54, 1.807) is 6.20 Å². The van der Waals surface area contributed by atoms with Crippen molar-refractivity contribution in [2.45, 2.75) is 77.2 Å². The van der Waals surface area contributed by atoms with Crippen molar-refractivity contribution < 1.29 is 4.43 Å². The number of aromatic nitrogens is 1. The number of rotatable bonds is 7. The van der Waals surface area contributed by atoms with E-state index < -0.39 is 8.32 Å². The first-order valence-electron chi connectivity index (χ1n) is 8.66. The molecule has 23 heavy (non-hydrogen) atoms. The van der Waals surface area contributed by atoms with E-state index in [1.807, 2.05) is 6.07 Å². The minimum absolute atomic E-state index is 0.269. The van der Waals surface area contributed by atoms with Crippen molar-refractivity contribution in [3.05, 3.63) is 23.5 Å². The zero-order valence-corrected chi connectivity index (χ0v) is 17.2. The Bertz CT molecular complexity index is 526. The van der Waals surface area contributed by atoms with Gasteiger partial charge in [0.15, 0.2) is 8.32 Å². The van der Waals surface area contributed by atoms with Crippen molar-refractivity contribution in [1.82, 2.24) is 4.98 Å². The Balaban J connectivity index is 1.96. The summed E-state index contributed by atoms with van der Waals surface area (Å²) in [4.78, 5) is 6.60. The van der Waals surface area contributed by atoms with Gasteiger partial charge in [0.05, 0.1) is 0 Å². The van der Waals surface area contributed by atoms with Crippen LogP contribution < -0.4 is 4.90 Å². The molecule has 1 aromatic rings. The van der Waals surface area contributed by atoms with Crippen molar-refractivity contribution in [2.75, 3.05) is 11.5 Å². The van der Waals surface area contributed by atoms with Crippen LogP contribution >= 0.6 is 11.6 Å². The highest BCUT2D eigenvalue weighted by Gasteiger charge is 2.37. The van der Waals surface area contributed by atoms with E-state index in [1.165, 1.54) is 18.5 Å². The summed E-state index contributed by atoms with van der Waals surface area (Å²) in [5.41, 5.74) is 1.19. The fourth-order valence-electron chi connectivity index (χ4n) is 2.57. The summed E-state index contributed by atoms with van der Waals surface area (Å²) in [5, 5.41) is 0.836. The quantitative estimate of drug-likeness (QED) is 0.477. The van der Waals surface area contributed by atoms with Crippen LogP contribution in [0.2, 0.25) is 23.3 Å². The van der Waals surface area contributed by atoms with E-state index in [9.17, 15) is 0 Å². The lowest BCUT2D eigenvalue weighted by Gasteiger charge is -2.37. The molecule has 0 aromatic carbocycles. The van der Waals surface area contributed by atoms with E-state index in [-0.39, 0.29) is 5.04 Å². The molecule has 1 aliphatic carbocycles. The zero-order valence-electron chi connectivity index (χ0n) is 15.4. The molecule has 1 aromatic heterocycles. The van der Waals surface area contributed by atoms with E-state index in [0.29, 0.717) is 17.2 Å². The molecule has 3 nitrogen and oxygen atoms in total. The molecular formula is C18H31ClN2OSi. The Morgan fingerprint density at radius 1 is 1.39 bits per heavy atom. The number of anilines is 1. The number of hydrogen-bond acceptors (Lipinski definition) is 3. The van der Waals surface area contributed by atoms with Gasteiger partial charge in [-0.05, 0) is 56.5 Å². The molecular weight excluding hydrogens is 324 g/mol. The summed E-state index contributed by atoms with van der Waals surface area (Å²) in [6.07, 6.45) is 5.38. The first-order valence-corrected chi connectivity index (χ1v) is 11.9. The van der Waals surface area contributed by atoms with Gasteiger partial charge in [-0.2, -0.15) is 0 Å². The van der Waals surface area contributed by atoms with E-state index in [4.69, 9.17) is 16.0 Å². The average Bonchev–Trinajstić information content (AvgIpc) is 3.22. The van der Waals surface area contributed by atoms with Crippen LogP contribution in [-0.2, 0) is 4.43 Å². The van der Waals surface area contributed by atoms with Gasteiger partial charge >= 0.3 is 0 Å². The fourth-order valence-corrected chi connectivity index (χ4v) is 3.80. The molecule has 1 fully saturated rings. The predicted octanol–water partition coefficient (Wildman–Crippen LogP) is 5.50. The van der Waals surface area contributed by atoms with E-state index in [0.717, 1.165) is 13.0 Å². The summed E-state index contributed by atoms with van der Waals surface area (Å²) >= 11 is 6.08. The highest BCUT2D eigenvalue weighted by Crippen LogP contribution is 2.37. The third kappa shape index (κ3) is 4.94. The van der Waals surface area contributed by atoms with Crippen molar-refractivity contribution in [3.63, 3.8) is 0 Å². The number of halogens is 1. The van der Waals surface area contributed by atoms with Crippen LogP contribution in [0, 0.1) is 0 Å². The van der Waals surface area contributed by atoms with Crippen molar-refractivity contribution in [3.8, 4) is 0 Å². The fraction of sp³-hybridized carbons (Fsp3) is 0.722. The normalized spacial score (nSPS) is 17.2. The van der Waals surface area contributed by atoms with Crippen LogP contribution in [0.3, 0.4) is 0 Å². The van der Waals surface area contributed by atoms with Crippen LogP contribution in [0.4, 0.5) is 5.69 Å². The van der Waals surface area contributed by atoms with Crippen molar-refractivity contribution in [1.29, 1.82) is 0 Å². The highest BCUT2D eigenvalue weighted by molar-refractivity contribution is 6.74. The third-order valence-corrected chi connectivity index (χ3v) is 9.97. The van der Waals surface area contributed by atoms with Gasteiger partial charge in [0.2, 0.25) is 0 Å². The van der Waals surface area contributed by atoms with Gasteiger partial charge in [-0.15, -0.1) is 0 Å². The molecule has 2 rings (SSSR count). The lowest BCUT2D eigenvalue weighted by molar-refractivity contribution is 0.271. The van der Waals surface area contributed by atoms with Gasteiger partial charge in [-0.3, -0.25) is 0 Å². The zero-order chi connectivity index (χ0) is 17.3. The minimum atomic E-state index is -1.66. The van der Waals surface area contributed by atoms with Gasteiger partial charge in [0, 0.05) is 30.6 Å². The van der Waals surface area contributed by atoms with Crippen LogP contribution in [-0.4, -0.2) is 32.0 Å². The first kappa shape index (κ1) is 18.8. The SMILES string of the molecule is C[C@@H](CCO[Si](C)(C)C(C)(C)C)N(c1ccnc(Cl)c1)C1CC1. The third-order valence-electron chi connectivity index (χ3n) is 5.23. The predicted molar refractivity (Wildman–Crippen MR) is 102 cm³/mol. The molecule has 1 heterocycles. The topological polar surface area (TPSA) is 25.4 Å². The number of hydrogen-bond donors (Lipinski definition) is 0. The van der Waals surface area contributed by atoms with Crippen LogP contribution in [0.1, 0.15) is 47.0 Å². The standard InChI is InChI=1S/C18H31ClN2OSi/c1-14(10-12-22-23(5,6)18(2,3)4)21(15-7-8-15)16-9-11-20-17(19)13-16/h9,11,13-15H,7-8,10,12H2,1-6H3/t14-/m0/s1. The van der Waals surface area contributed by atoms with Crippen LogP contribution in [0.25, 0.3) is 0 Å². The van der Waals surface area contributed by atoms with Gasteiger partial charge in [0.1, 0.15) is 5.15 Å². The molecule has 0 spiro atoms. The molecule has 0 unspecified atom stereocenters. The average molecular weight is 355 g/mol. The molecule has 0 amide bonds. The monoisotopic (exact) mass is 354 g/mol. The Hall–Kier alpha value is -0.583. The van der Waals surface area contributed by atoms with Crippen LogP contribution in [0.15, 0.2) is 18.3 Å². The first-order chi connectivity index (χ1) is 10.6. The summed E-state index contributed by atoms with van der Waals surface area (Å²) in [6, 6.07) is 5.14. The molecule has 1 atom stereocenters. The molecule has 0 saturated heterocycles. The van der Waals surface area contributed by atoms with Crippen molar-refractivity contribution >= 4 is 25.6 Å². The van der Waals surface area contributed by atoms with Crippen LogP contribution in [0.5, 0.6) is 0 Å². The molecule has 1 saturated carbocycles. The summed E-state index contributed by atoms with van der Waals surface area (Å²) in [7, 11) is -1.66. The highest BCUT2D eigenvalue weighted by atomic mass is 35.5. The second-order valence-electron chi connectivity index (χ2n) is 8.22. The summed E-state index contributed by atoms with van der Waals surface area (Å²) in [5.74, 6) is 0. The maximum absolute atomic E-state index is 6.35. The second kappa shape index (κ2) is 7.12. The van der Waals surface area contributed by atoms with Gasteiger partial charge < -0.3 is 9.33 Å².